The van der Waals surface area contributed by atoms with Gasteiger partial charge in [-0.3, -0.25) is 0 Å². The molecule has 2 aliphatic rings. The Labute approximate surface area is 152 Å². The number of carbonyl (C=O) groups excluding carboxylic acids is 1. The highest BCUT2D eigenvalue weighted by atomic mass is 19.1. The fourth-order valence-corrected chi connectivity index (χ4v) is 3.66. The summed E-state index contributed by atoms with van der Waals surface area (Å²) in [5, 5.41) is 13.2. The van der Waals surface area contributed by atoms with Crippen molar-refractivity contribution in [3.8, 4) is 6.07 Å². The topological polar surface area (TPSA) is 65.4 Å². The lowest BCUT2D eigenvalue weighted by Gasteiger charge is -2.37. The number of piperidine rings is 1. The Morgan fingerprint density at radius 1 is 1.27 bits per heavy atom. The number of nitrogens with zero attached hydrogens (tertiary/aromatic N) is 2. The van der Waals surface area contributed by atoms with Crippen LogP contribution in [0.15, 0.2) is 46.9 Å². The molecule has 0 unspecified atom stereocenters. The summed E-state index contributed by atoms with van der Waals surface area (Å²) in [6, 6.07) is 8.21. The molecule has 1 aromatic rings. The van der Waals surface area contributed by atoms with Gasteiger partial charge in [-0.1, -0.05) is 12.1 Å². The number of esters is 1. The first kappa shape index (κ1) is 18.0. The number of methoxy groups -OCH3 is 1. The van der Waals surface area contributed by atoms with E-state index in [9.17, 15) is 14.4 Å². The largest absolute Gasteiger partial charge is 0.466 e. The van der Waals surface area contributed by atoms with E-state index in [0.29, 0.717) is 22.4 Å². The molecule has 2 heterocycles. The molecule has 3 rings (SSSR count). The van der Waals surface area contributed by atoms with Gasteiger partial charge in [0.15, 0.2) is 0 Å². The first-order valence-electron chi connectivity index (χ1n) is 8.77. The molecule has 0 aromatic heterocycles. The highest BCUT2D eigenvalue weighted by molar-refractivity contribution is 5.93. The number of hydrogen-bond donors (Lipinski definition) is 1. The smallest absolute Gasteiger partial charge is 0.336 e. The quantitative estimate of drug-likeness (QED) is 0.844. The van der Waals surface area contributed by atoms with Crippen molar-refractivity contribution in [3.63, 3.8) is 0 Å². The van der Waals surface area contributed by atoms with E-state index >= 15 is 0 Å². The third-order valence-corrected chi connectivity index (χ3v) is 4.94. The molecule has 2 aliphatic heterocycles. The van der Waals surface area contributed by atoms with Crippen LogP contribution in [0.3, 0.4) is 0 Å². The van der Waals surface area contributed by atoms with Crippen molar-refractivity contribution in [1.29, 1.82) is 5.26 Å². The summed E-state index contributed by atoms with van der Waals surface area (Å²) in [7, 11) is 1.32. The average Bonchev–Trinajstić information content (AvgIpc) is 2.68. The number of halogens is 1. The summed E-state index contributed by atoms with van der Waals surface area (Å²) in [6.45, 7) is 3.54. The molecule has 0 spiro atoms. The van der Waals surface area contributed by atoms with Crippen molar-refractivity contribution in [3.05, 3.63) is 58.3 Å². The molecule has 136 valence electrons. The average molecular weight is 355 g/mol. The molecule has 1 saturated heterocycles. The van der Waals surface area contributed by atoms with Gasteiger partial charge in [-0.2, -0.15) is 5.26 Å². The number of dihydropyridines is 1. The van der Waals surface area contributed by atoms with Crippen LogP contribution in [-0.4, -0.2) is 31.1 Å². The highest BCUT2D eigenvalue weighted by Crippen LogP contribution is 2.39. The molecule has 1 N–H and O–H groups in total. The van der Waals surface area contributed by atoms with Crippen LogP contribution in [0, 0.1) is 17.1 Å². The maximum absolute atomic E-state index is 13.4. The fourth-order valence-electron chi connectivity index (χ4n) is 3.66. The Hall–Kier alpha value is -2.81. The first-order valence-corrected chi connectivity index (χ1v) is 8.77. The number of hydrogen-bond acceptors (Lipinski definition) is 5. The number of benzene rings is 1. The third-order valence-electron chi connectivity index (χ3n) is 4.94. The van der Waals surface area contributed by atoms with E-state index in [1.807, 2.05) is 0 Å². The summed E-state index contributed by atoms with van der Waals surface area (Å²) >= 11 is 0. The van der Waals surface area contributed by atoms with E-state index in [2.05, 4.69) is 16.3 Å². The van der Waals surface area contributed by atoms with Gasteiger partial charge in [0.1, 0.15) is 11.6 Å². The summed E-state index contributed by atoms with van der Waals surface area (Å²) in [4.78, 5) is 14.6. The molecule has 0 amide bonds. The van der Waals surface area contributed by atoms with Gasteiger partial charge < -0.3 is 15.0 Å². The Bertz CT molecular complexity index is 799. The van der Waals surface area contributed by atoms with Crippen molar-refractivity contribution in [2.75, 3.05) is 20.2 Å². The number of likely N-dealkylation sites (tertiary alicyclic amines) is 1. The molecule has 1 fully saturated rings. The van der Waals surface area contributed by atoms with Gasteiger partial charge in [0.25, 0.3) is 0 Å². The zero-order chi connectivity index (χ0) is 18.7. The molecule has 0 saturated carbocycles. The SMILES string of the molecule is COC(=O)C1=C(C)NC(N2CCCCC2)=C(C#N)[C@@H]1c1ccc(F)cc1. The predicted molar refractivity (Wildman–Crippen MR) is 95.1 cm³/mol. The van der Waals surface area contributed by atoms with Crippen molar-refractivity contribution < 1.29 is 13.9 Å². The van der Waals surface area contributed by atoms with Gasteiger partial charge in [0.2, 0.25) is 0 Å². The van der Waals surface area contributed by atoms with Gasteiger partial charge in [-0.05, 0) is 43.9 Å². The van der Waals surface area contributed by atoms with Gasteiger partial charge in [-0.15, -0.1) is 0 Å². The van der Waals surface area contributed by atoms with Crippen LogP contribution in [0.1, 0.15) is 37.7 Å². The minimum atomic E-state index is -0.578. The summed E-state index contributed by atoms with van der Waals surface area (Å²) in [5.74, 6) is -0.686. The zero-order valence-electron chi connectivity index (χ0n) is 15.0. The highest BCUT2D eigenvalue weighted by Gasteiger charge is 2.36. The second kappa shape index (κ2) is 7.61. The second-order valence-corrected chi connectivity index (χ2v) is 6.56. The zero-order valence-corrected chi connectivity index (χ0v) is 15.0. The van der Waals surface area contributed by atoms with Gasteiger partial charge in [0, 0.05) is 18.8 Å². The first-order chi connectivity index (χ1) is 12.6. The molecule has 1 atom stereocenters. The van der Waals surface area contributed by atoms with E-state index in [-0.39, 0.29) is 5.82 Å². The Morgan fingerprint density at radius 2 is 1.92 bits per heavy atom. The Kier molecular flexibility index (Phi) is 5.27. The summed E-state index contributed by atoms with van der Waals surface area (Å²) in [6.07, 6.45) is 3.31. The molecule has 5 nitrogen and oxygen atoms in total. The number of nitrogens with one attached hydrogen (secondary N) is 1. The van der Waals surface area contributed by atoms with Gasteiger partial charge in [0.05, 0.1) is 30.2 Å². The normalized spacial score (nSPS) is 20.5. The third kappa shape index (κ3) is 3.30. The number of carbonyl (C=O) groups is 1. The molecular weight excluding hydrogens is 333 g/mol. The van der Waals surface area contributed by atoms with E-state index in [1.165, 1.54) is 25.7 Å². The number of allylic oxidation sites excluding steroid dienone is 2. The molecule has 0 bridgehead atoms. The minimum Gasteiger partial charge on any atom is -0.466 e. The van der Waals surface area contributed by atoms with E-state index < -0.39 is 11.9 Å². The summed E-state index contributed by atoms with van der Waals surface area (Å²) < 4.78 is 18.4. The van der Waals surface area contributed by atoms with Crippen LogP contribution < -0.4 is 5.32 Å². The van der Waals surface area contributed by atoms with Crippen LogP contribution in [-0.2, 0) is 9.53 Å². The van der Waals surface area contributed by atoms with Crippen LogP contribution in [0.5, 0.6) is 0 Å². The Balaban J connectivity index is 2.14. The van der Waals surface area contributed by atoms with E-state index in [0.717, 1.165) is 31.8 Å². The number of nitriles is 1. The minimum absolute atomic E-state index is 0.359. The van der Waals surface area contributed by atoms with Crippen LogP contribution in [0.2, 0.25) is 0 Å². The predicted octanol–water partition coefficient (Wildman–Crippen LogP) is 3.18. The van der Waals surface area contributed by atoms with E-state index in [4.69, 9.17) is 4.74 Å². The lowest BCUT2D eigenvalue weighted by atomic mass is 9.81. The standard InChI is InChI=1S/C20H22FN3O2/c1-13-17(20(25)26-2)18(14-6-8-15(21)9-7-14)16(12-22)19(23-13)24-10-4-3-5-11-24/h6-9,18,23H,3-5,10-11H2,1-2H3/t18-/m0/s1. The van der Waals surface area contributed by atoms with Crippen molar-refractivity contribution in [2.45, 2.75) is 32.1 Å². The van der Waals surface area contributed by atoms with Gasteiger partial charge in [-0.25, -0.2) is 9.18 Å². The van der Waals surface area contributed by atoms with E-state index in [1.54, 1.807) is 19.1 Å². The van der Waals surface area contributed by atoms with Crippen molar-refractivity contribution in [2.24, 2.45) is 0 Å². The van der Waals surface area contributed by atoms with Crippen molar-refractivity contribution in [1.82, 2.24) is 10.2 Å². The maximum Gasteiger partial charge on any atom is 0.336 e. The lowest BCUT2D eigenvalue weighted by molar-refractivity contribution is -0.136. The van der Waals surface area contributed by atoms with Crippen molar-refractivity contribution >= 4 is 5.97 Å². The molecule has 6 heteroatoms. The molecular formula is C20H22FN3O2. The van der Waals surface area contributed by atoms with Gasteiger partial charge >= 0.3 is 5.97 Å². The summed E-state index contributed by atoms with van der Waals surface area (Å²) in [5.41, 5.74) is 2.20. The Morgan fingerprint density at radius 3 is 2.50 bits per heavy atom. The van der Waals surface area contributed by atoms with Crippen LogP contribution >= 0.6 is 0 Å². The number of rotatable bonds is 3. The number of ether oxygens (including phenoxy) is 1. The molecule has 0 radical (unpaired) electrons. The van der Waals surface area contributed by atoms with Crippen LogP contribution in [0.4, 0.5) is 4.39 Å². The maximum atomic E-state index is 13.4. The fraction of sp³-hybridized carbons (Fsp3) is 0.400. The molecule has 1 aromatic carbocycles. The monoisotopic (exact) mass is 355 g/mol. The molecule has 0 aliphatic carbocycles. The lowest BCUT2D eigenvalue weighted by Crippen LogP contribution is -2.40. The van der Waals surface area contributed by atoms with Crippen LogP contribution in [0.25, 0.3) is 0 Å². The second-order valence-electron chi connectivity index (χ2n) is 6.56. The molecule has 26 heavy (non-hydrogen) atoms.